The van der Waals surface area contributed by atoms with Crippen LogP contribution in [-0.4, -0.2) is 11.8 Å². The number of hydrogen-bond acceptors (Lipinski definition) is 2. The van der Waals surface area contributed by atoms with E-state index in [0.717, 1.165) is 16.8 Å². The molecule has 2 amide bonds. The van der Waals surface area contributed by atoms with Crippen molar-refractivity contribution in [2.75, 3.05) is 10.6 Å². The first-order valence-corrected chi connectivity index (χ1v) is 8.73. The van der Waals surface area contributed by atoms with Crippen molar-refractivity contribution in [1.82, 2.24) is 0 Å². The van der Waals surface area contributed by atoms with Crippen molar-refractivity contribution >= 4 is 46.4 Å². The summed E-state index contributed by atoms with van der Waals surface area (Å²) in [5.41, 5.74) is 1.97. The number of anilines is 2. The molecule has 0 atom stereocenters. The Kier molecular flexibility index (Phi) is 4.76. The van der Waals surface area contributed by atoms with E-state index in [9.17, 15) is 9.59 Å². The largest absolute Gasteiger partial charge is 0.325 e. The second kappa shape index (κ2) is 6.70. The molecule has 0 radical (unpaired) electrons. The van der Waals surface area contributed by atoms with E-state index < -0.39 is 5.41 Å². The average Bonchev–Trinajstić information content (AvgIpc) is 3.36. The van der Waals surface area contributed by atoms with E-state index in [4.69, 9.17) is 23.2 Å². The van der Waals surface area contributed by atoms with Crippen molar-refractivity contribution < 1.29 is 9.59 Å². The Balaban J connectivity index is 1.78. The number of aryl methyl sites for hydroxylation is 2. The zero-order valence-electron chi connectivity index (χ0n) is 14.0. The van der Waals surface area contributed by atoms with Gasteiger partial charge in [-0.15, -0.1) is 0 Å². The van der Waals surface area contributed by atoms with E-state index in [2.05, 4.69) is 10.6 Å². The number of carbonyl (C=O) groups is 2. The van der Waals surface area contributed by atoms with Crippen molar-refractivity contribution in [1.29, 1.82) is 0 Å². The van der Waals surface area contributed by atoms with Crippen LogP contribution in [0.2, 0.25) is 10.0 Å². The van der Waals surface area contributed by atoms with E-state index in [0.29, 0.717) is 28.6 Å². The first-order valence-electron chi connectivity index (χ1n) is 7.98. The molecule has 0 aliphatic heterocycles. The maximum Gasteiger partial charge on any atom is 0.240 e. The second-order valence-corrected chi connectivity index (χ2v) is 7.22. The zero-order valence-corrected chi connectivity index (χ0v) is 15.5. The van der Waals surface area contributed by atoms with Crippen molar-refractivity contribution in [3.05, 3.63) is 57.6 Å². The lowest BCUT2D eigenvalue weighted by Gasteiger charge is -2.18. The molecule has 0 heterocycles. The predicted octanol–water partition coefficient (Wildman–Crippen LogP) is 4.97. The number of benzene rings is 2. The maximum absolute atomic E-state index is 12.7. The molecule has 1 aliphatic rings. The van der Waals surface area contributed by atoms with Crippen LogP contribution in [0.4, 0.5) is 11.4 Å². The van der Waals surface area contributed by atoms with E-state index in [1.807, 2.05) is 32.0 Å². The number of carbonyl (C=O) groups excluding carboxylic acids is 2. The van der Waals surface area contributed by atoms with Gasteiger partial charge < -0.3 is 10.6 Å². The fraction of sp³-hybridized carbons (Fsp3) is 0.263. The fourth-order valence-electron chi connectivity index (χ4n) is 2.65. The Morgan fingerprint density at radius 1 is 0.960 bits per heavy atom. The Hall–Kier alpha value is -2.04. The van der Waals surface area contributed by atoms with Gasteiger partial charge in [0.15, 0.2) is 0 Å². The summed E-state index contributed by atoms with van der Waals surface area (Å²) >= 11 is 12.2. The summed E-state index contributed by atoms with van der Waals surface area (Å²) in [5, 5.41) is 6.27. The molecule has 0 bridgehead atoms. The third-order valence-electron chi connectivity index (χ3n) is 4.46. The van der Waals surface area contributed by atoms with Crippen LogP contribution < -0.4 is 10.6 Å². The van der Waals surface area contributed by atoms with E-state index in [1.54, 1.807) is 18.2 Å². The van der Waals surface area contributed by atoms with Gasteiger partial charge in [0.25, 0.3) is 0 Å². The Morgan fingerprint density at radius 2 is 1.56 bits per heavy atom. The van der Waals surface area contributed by atoms with Crippen LogP contribution in [-0.2, 0) is 9.59 Å². The number of rotatable bonds is 4. The van der Waals surface area contributed by atoms with Gasteiger partial charge >= 0.3 is 0 Å². The molecule has 130 valence electrons. The molecular weight excluding hydrogens is 359 g/mol. The molecule has 0 saturated heterocycles. The van der Waals surface area contributed by atoms with Gasteiger partial charge in [0, 0.05) is 5.69 Å². The molecule has 1 fully saturated rings. The van der Waals surface area contributed by atoms with Crippen molar-refractivity contribution in [3.8, 4) is 0 Å². The highest BCUT2D eigenvalue weighted by atomic mass is 35.5. The van der Waals surface area contributed by atoms with Gasteiger partial charge in [-0.3, -0.25) is 9.59 Å². The third kappa shape index (κ3) is 3.51. The zero-order chi connectivity index (χ0) is 18.2. The lowest BCUT2D eigenvalue weighted by molar-refractivity contribution is -0.131. The number of hydrogen-bond donors (Lipinski definition) is 2. The molecule has 1 aliphatic carbocycles. The summed E-state index contributed by atoms with van der Waals surface area (Å²) in [5.74, 6) is -0.688. The van der Waals surface area contributed by atoms with Crippen LogP contribution in [0.25, 0.3) is 0 Å². The molecule has 4 nitrogen and oxygen atoms in total. The van der Waals surface area contributed by atoms with Gasteiger partial charge in [0.1, 0.15) is 5.41 Å². The predicted molar refractivity (Wildman–Crippen MR) is 101 cm³/mol. The highest BCUT2D eigenvalue weighted by molar-refractivity contribution is 6.40. The summed E-state index contributed by atoms with van der Waals surface area (Å²) in [4.78, 5) is 25.4. The normalized spacial score (nSPS) is 14.7. The molecule has 0 unspecified atom stereocenters. The summed E-state index contributed by atoms with van der Waals surface area (Å²) in [7, 11) is 0. The molecule has 6 heteroatoms. The number of nitrogens with one attached hydrogen (secondary N) is 2. The molecular formula is C19H18Cl2N2O2. The molecule has 2 aromatic carbocycles. The summed E-state index contributed by atoms with van der Waals surface area (Å²) < 4.78 is 0. The van der Waals surface area contributed by atoms with Crippen LogP contribution in [0.1, 0.15) is 24.0 Å². The number of para-hydroxylation sites is 1. The Morgan fingerprint density at radius 3 is 2.16 bits per heavy atom. The van der Waals surface area contributed by atoms with Crippen LogP contribution in [0.3, 0.4) is 0 Å². The van der Waals surface area contributed by atoms with Crippen molar-refractivity contribution in [3.63, 3.8) is 0 Å². The van der Waals surface area contributed by atoms with E-state index >= 15 is 0 Å². The quantitative estimate of drug-likeness (QED) is 0.740. The van der Waals surface area contributed by atoms with Crippen LogP contribution >= 0.6 is 23.2 Å². The molecule has 0 aromatic heterocycles. The highest BCUT2D eigenvalue weighted by Gasteiger charge is 2.56. The van der Waals surface area contributed by atoms with Crippen molar-refractivity contribution in [2.24, 2.45) is 5.41 Å². The first kappa shape index (κ1) is 17.8. The lowest BCUT2D eigenvalue weighted by Crippen LogP contribution is -2.36. The van der Waals surface area contributed by atoms with E-state index in [-0.39, 0.29) is 11.8 Å². The summed E-state index contributed by atoms with van der Waals surface area (Å²) in [6.45, 7) is 3.87. The monoisotopic (exact) mass is 376 g/mol. The number of amides is 2. The SMILES string of the molecule is Cc1ccc(C)c(NC(=O)C2(C(=O)Nc3c(Cl)cccc3Cl)CC2)c1. The topological polar surface area (TPSA) is 58.2 Å². The van der Waals surface area contributed by atoms with Gasteiger partial charge in [-0.25, -0.2) is 0 Å². The van der Waals surface area contributed by atoms with Crippen molar-refractivity contribution in [2.45, 2.75) is 26.7 Å². The minimum atomic E-state index is -1.07. The number of halogens is 2. The molecule has 1 saturated carbocycles. The smallest absolute Gasteiger partial charge is 0.240 e. The molecule has 25 heavy (non-hydrogen) atoms. The molecule has 2 N–H and O–H groups in total. The molecule has 0 spiro atoms. The summed E-state index contributed by atoms with van der Waals surface area (Å²) in [6.07, 6.45) is 0.995. The minimum Gasteiger partial charge on any atom is -0.325 e. The Labute approximate surface area is 156 Å². The van der Waals surface area contributed by atoms with Gasteiger partial charge in [0.05, 0.1) is 15.7 Å². The average molecular weight is 377 g/mol. The minimum absolute atomic E-state index is 0.304. The fourth-order valence-corrected chi connectivity index (χ4v) is 3.14. The first-order chi connectivity index (χ1) is 11.8. The highest BCUT2D eigenvalue weighted by Crippen LogP contribution is 2.48. The van der Waals surface area contributed by atoms with Gasteiger partial charge in [-0.2, -0.15) is 0 Å². The van der Waals surface area contributed by atoms with E-state index in [1.165, 1.54) is 0 Å². The van der Waals surface area contributed by atoms with Crippen LogP contribution in [0, 0.1) is 19.3 Å². The maximum atomic E-state index is 12.7. The van der Waals surface area contributed by atoms with Crippen LogP contribution in [0.15, 0.2) is 36.4 Å². The van der Waals surface area contributed by atoms with Crippen LogP contribution in [0.5, 0.6) is 0 Å². The second-order valence-electron chi connectivity index (χ2n) is 6.41. The van der Waals surface area contributed by atoms with Gasteiger partial charge in [0.2, 0.25) is 11.8 Å². The van der Waals surface area contributed by atoms with Gasteiger partial charge in [-0.05, 0) is 56.0 Å². The lowest BCUT2D eigenvalue weighted by atomic mass is 10.0. The Bertz CT molecular complexity index is 840. The summed E-state index contributed by atoms with van der Waals surface area (Å²) in [6, 6.07) is 10.8. The van der Waals surface area contributed by atoms with Gasteiger partial charge in [-0.1, -0.05) is 41.4 Å². The standard InChI is InChI=1S/C19H18Cl2N2O2/c1-11-6-7-12(2)15(10-11)22-17(24)19(8-9-19)18(25)23-16-13(20)4-3-5-14(16)21/h3-7,10H,8-9H2,1-2H3,(H,22,24)(H,23,25). The third-order valence-corrected chi connectivity index (χ3v) is 5.09. The molecule has 2 aromatic rings. The molecule has 3 rings (SSSR count).